The highest BCUT2D eigenvalue weighted by atomic mass is 35.5. The third-order valence-corrected chi connectivity index (χ3v) is 4.03. The fraction of sp³-hybridized carbons (Fsp3) is 0.125. The number of hydrogen-bond acceptors (Lipinski definition) is 3. The average Bonchev–Trinajstić information content (AvgIpc) is 2.84. The van der Waals surface area contributed by atoms with E-state index < -0.39 is 4.65 Å². The molecule has 0 aromatic heterocycles. The summed E-state index contributed by atoms with van der Waals surface area (Å²) in [5.74, 6) is 1.30. The number of rotatable bonds is 3. The number of hydroxylamine groups is 3. The molecule has 0 saturated heterocycles. The smallest absolute Gasteiger partial charge is 0.162 e. The van der Waals surface area contributed by atoms with Crippen molar-refractivity contribution in [3.8, 4) is 11.5 Å². The predicted molar refractivity (Wildman–Crippen MR) is 89.0 cm³/mol. The maximum atomic E-state index is 11.8. The Bertz CT molecular complexity index is 715. The van der Waals surface area contributed by atoms with Crippen molar-refractivity contribution in [2.24, 2.45) is 0 Å². The first-order chi connectivity index (χ1) is 10.4. The van der Waals surface area contributed by atoms with Crippen molar-refractivity contribution in [1.29, 1.82) is 0 Å². The Labute approximate surface area is 138 Å². The van der Waals surface area contributed by atoms with Gasteiger partial charge in [0, 0.05) is 11.8 Å². The summed E-state index contributed by atoms with van der Waals surface area (Å²) >= 11 is 11.8. The largest absolute Gasteiger partial charge is 0.627 e. The van der Waals surface area contributed by atoms with Crippen molar-refractivity contribution in [3.05, 3.63) is 70.1 Å². The summed E-state index contributed by atoms with van der Waals surface area (Å²) in [6.45, 7) is 0.368. The second kappa shape index (κ2) is 5.82. The topological polar surface area (TPSA) is 35.5 Å². The van der Waals surface area contributed by atoms with Gasteiger partial charge in [-0.1, -0.05) is 23.2 Å². The first-order valence-electron chi connectivity index (χ1n) is 6.68. The molecule has 0 fully saturated rings. The molecule has 1 heterocycles. The minimum atomic E-state index is -0.401. The Morgan fingerprint density at radius 2 is 1.73 bits per heavy atom. The highest BCUT2D eigenvalue weighted by molar-refractivity contribution is 6.42. The Kier molecular flexibility index (Phi) is 4.02. The van der Waals surface area contributed by atoms with Gasteiger partial charge in [0.15, 0.2) is 6.67 Å². The summed E-state index contributed by atoms with van der Waals surface area (Å²) in [5, 5.41) is 12.8. The first kappa shape index (κ1) is 15.2. The molecular formula is C16H14Cl2N2O2. The van der Waals surface area contributed by atoms with Crippen molar-refractivity contribution < 1.29 is 9.38 Å². The molecule has 0 N–H and O–H groups in total. The van der Waals surface area contributed by atoms with E-state index in [1.807, 2.05) is 29.2 Å². The van der Waals surface area contributed by atoms with Gasteiger partial charge in [0.2, 0.25) is 0 Å². The van der Waals surface area contributed by atoms with Gasteiger partial charge in [0.05, 0.1) is 23.3 Å². The number of halogens is 2. The normalized spacial score (nSPS) is 20.5. The van der Waals surface area contributed by atoms with Crippen LogP contribution in [0.15, 0.2) is 54.9 Å². The van der Waals surface area contributed by atoms with E-state index in [1.54, 1.807) is 37.6 Å². The fourth-order valence-corrected chi connectivity index (χ4v) is 2.46. The number of benzene rings is 2. The van der Waals surface area contributed by atoms with Crippen LogP contribution in [0.2, 0.25) is 10.0 Å². The Hall–Kier alpha value is -1.72. The molecule has 2 aromatic rings. The quantitative estimate of drug-likeness (QED) is 0.585. The zero-order valence-electron chi connectivity index (χ0n) is 11.9. The van der Waals surface area contributed by atoms with Gasteiger partial charge >= 0.3 is 0 Å². The zero-order chi connectivity index (χ0) is 15.7. The van der Waals surface area contributed by atoms with Crippen LogP contribution in [0.25, 0.3) is 0 Å². The van der Waals surface area contributed by atoms with E-state index in [4.69, 9.17) is 27.9 Å². The van der Waals surface area contributed by atoms with Crippen LogP contribution in [0.5, 0.6) is 11.5 Å². The molecule has 4 nitrogen and oxygen atoms in total. The van der Waals surface area contributed by atoms with Gasteiger partial charge in [-0.15, -0.1) is 0 Å². The summed E-state index contributed by atoms with van der Waals surface area (Å²) in [7, 11) is 1.61. The van der Waals surface area contributed by atoms with Gasteiger partial charge in [-0.25, -0.2) is 0 Å². The van der Waals surface area contributed by atoms with Crippen molar-refractivity contribution in [2.75, 3.05) is 18.6 Å². The number of anilines is 1. The van der Waals surface area contributed by atoms with Crippen molar-refractivity contribution in [1.82, 2.24) is 0 Å². The zero-order valence-corrected chi connectivity index (χ0v) is 13.4. The summed E-state index contributed by atoms with van der Waals surface area (Å²) in [5.41, 5.74) is 0.940. The molecule has 3 rings (SSSR count). The van der Waals surface area contributed by atoms with Crippen LogP contribution in [-0.2, 0) is 0 Å². The van der Waals surface area contributed by atoms with E-state index in [0.717, 1.165) is 5.69 Å². The molecule has 1 aliphatic heterocycles. The maximum absolute atomic E-state index is 11.8. The molecule has 1 aliphatic rings. The predicted octanol–water partition coefficient (Wildman–Crippen LogP) is 4.98. The SMILES string of the molecule is C[N+]1([O-])C=CN(c2ccc(Oc3ccc(Cl)c(Cl)c3)cc2)C1. The number of quaternary nitrogens is 1. The molecular weight excluding hydrogens is 323 g/mol. The molecule has 114 valence electrons. The van der Waals surface area contributed by atoms with E-state index in [9.17, 15) is 5.21 Å². The first-order valence-corrected chi connectivity index (χ1v) is 7.44. The van der Waals surface area contributed by atoms with Crippen LogP contribution < -0.4 is 9.64 Å². The number of nitrogens with zero attached hydrogens (tertiary/aromatic N) is 2. The number of ether oxygens (including phenoxy) is 1. The molecule has 2 aromatic carbocycles. The molecule has 1 unspecified atom stereocenters. The van der Waals surface area contributed by atoms with Crippen LogP contribution in [0, 0.1) is 5.21 Å². The third kappa shape index (κ3) is 3.36. The third-order valence-electron chi connectivity index (χ3n) is 3.29. The van der Waals surface area contributed by atoms with Crippen molar-refractivity contribution in [3.63, 3.8) is 0 Å². The Morgan fingerprint density at radius 3 is 2.32 bits per heavy atom. The second-order valence-corrected chi connectivity index (χ2v) is 6.07. The van der Waals surface area contributed by atoms with Gasteiger partial charge in [-0.05, 0) is 36.4 Å². The number of hydrogen-bond donors (Lipinski definition) is 0. The van der Waals surface area contributed by atoms with Crippen LogP contribution in [0.3, 0.4) is 0 Å². The molecule has 0 radical (unpaired) electrons. The molecule has 22 heavy (non-hydrogen) atoms. The van der Waals surface area contributed by atoms with Crippen LogP contribution in [0.1, 0.15) is 0 Å². The summed E-state index contributed by atoms with van der Waals surface area (Å²) in [6, 6.07) is 12.6. The minimum Gasteiger partial charge on any atom is -0.627 e. The van der Waals surface area contributed by atoms with E-state index in [1.165, 1.54) is 0 Å². The lowest BCUT2D eigenvalue weighted by Gasteiger charge is -2.31. The average molecular weight is 337 g/mol. The lowest BCUT2D eigenvalue weighted by Crippen LogP contribution is -2.34. The standard InChI is InChI=1S/C16H14Cl2N2O2/c1-20(21)9-8-19(11-20)12-2-4-13(5-3-12)22-14-6-7-15(17)16(18)10-14/h2-10H,11H2,1H3. The van der Waals surface area contributed by atoms with E-state index in [2.05, 4.69) is 0 Å². The van der Waals surface area contributed by atoms with E-state index in [0.29, 0.717) is 28.2 Å². The molecule has 1 atom stereocenters. The summed E-state index contributed by atoms with van der Waals surface area (Å²) < 4.78 is 5.33. The highest BCUT2D eigenvalue weighted by Gasteiger charge is 2.19. The molecule has 0 spiro atoms. The second-order valence-electron chi connectivity index (χ2n) is 5.26. The van der Waals surface area contributed by atoms with Gasteiger partial charge in [0.25, 0.3) is 0 Å². The maximum Gasteiger partial charge on any atom is 0.162 e. The monoisotopic (exact) mass is 336 g/mol. The van der Waals surface area contributed by atoms with Gasteiger partial charge < -0.3 is 14.6 Å². The van der Waals surface area contributed by atoms with Crippen molar-refractivity contribution >= 4 is 28.9 Å². The molecule has 0 saturated carbocycles. The highest BCUT2D eigenvalue weighted by Crippen LogP contribution is 2.31. The Balaban J connectivity index is 1.72. The summed E-state index contributed by atoms with van der Waals surface area (Å²) in [6.07, 6.45) is 3.40. The van der Waals surface area contributed by atoms with Crippen LogP contribution >= 0.6 is 23.2 Å². The lowest BCUT2D eigenvalue weighted by atomic mass is 10.3. The van der Waals surface area contributed by atoms with Crippen LogP contribution in [-0.4, -0.2) is 18.4 Å². The van der Waals surface area contributed by atoms with Crippen molar-refractivity contribution in [2.45, 2.75) is 0 Å². The molecule has 0 amide bonds. The lowest BCUT2D eigenvalue weighted by molar-refractivity contribution is -0.800. The summed E-state index contributed by atoms with van der Waals surface area (Å²) in [4.78, 5) is 1.90. The van der Waals surface area contributed by atoms with Gasteiger partial charge in [0.1, 0.15) is 17.7 Å². The minimum absolute atomic E-state index is 0.368. The van der Waals surface area contributed by atoms with E-state index >= 15 is 0 Å². The molecule has 0 aliphatic carbocycles. The molecule has 0 bridgehead atoms. The van der Waals surface area contributed by atoms with Gasteiger partial charge in [-0.2, -0.15) is 0 Å². The molecule has 6 heteroatoms. The van der Waals surface area contributed by atoms with Crippen LogP contribution in [0.4, 0.5) is 5.69 Å². The Morgan fingerprint density at radius 1 is 1.05 bits per heavy atom. The fourth-order valence-electron chi connectivity index (χ4n) is 2.17. The van der Waals surface area contributed by atoms with E-state index in [-0.39, 0.29) is 0 Å². The van der Waals surface area contributed by atoms with Gasteiger partial charge in [-0.3, -0.25) is 4.90 Å².